The molecule has 4 heteroatoms. The third kappa shape index (κ3) is 2.19. The van der Waals surface area contributed by atoms with E-state index < -0.39 is 9.84 Å². The van der Waals surface area contributed by atoms with Gasteiger partial charge in [-0.05, 0) is 52.8 Å². The minimum atomic E-state index is -3.39. The Kier molecular flexibility index (Phi) is 3.03. The lowest BCUT2D eigenvalue weighted by Crippen LogP contribution is -2.04. The Morgan fingerprint density at radius 1 is 1.13 bits per heavy atom. The number of halogens is 1. The quantitative estimate of drug-likeness (QED) is 0.615. The molecule has 1 heterocycles. The highest BCUT2D eigenvalue weighted by atomic mass is 127. The minimum Gasteiger partial charge on any atom is -0.218 e. The number of hydrogen-bond acceptors (Lipinski definition) is 2. The van der Waals surface area contributed by atoms with E-state index in [0.717, 1.165) is 0 Å². The fourth-order valence-corrected chi connectivity index (χ4v) is 3.91. The van der Waals surface area contributed by atoms with Crippen LogP contribution in [0.5, 0.6) is 0 Å². The van der Waals surface area contributed by atoms with E-state index in [-0.39, 0.29) is 25.6 Å². The van der Waals surface area contributed by atoms with Gasteiger partial charge in [0.15, 0.2) is 0 Å². The van der Waals surface area contributed by atoms with Crippen LogP contribution in [0.25, 0.3) is 0 Å². The summed E-state index contributed by atoms with van der Waals surface area (Å²) in [6.07, 6.45) is 1.62. The second-order valence-corrected chi connectivity index (χ2v) is 6.60. The Bertz CT molecular complexity index is 586. The lowest BCUT2D eigenvalue weighted by molar-refractivity contribution is 0.603. The zero-order chi connectivity index (χ0) is 10.7. The highest BCUT2D eigenvalue weighted by Crippen LogP contribution is 2.19. The summed E-state index contributed by atoms with van der Waals surface area (Å²) < 4.78 is 28.8. The summed E-state index contributed by atoms with van der Waals surface area (Å²) in [4.78, 5) is 0.513. The van der Waals surface area contributed by atoms with Crippen LogP contribution in [0, 0.1) is 9.85 Å². The first-order valence-electron chi connectivity index (χ1n) is 4.18. The molecular formula is C11H7IO2S. The molecule has 0 spiro atoms. The van der Waals surface area contributed by atoms with Gasteiger partial charge in [-0.3, -0.25) is 0 Å². The SMILES string of the molecule is O=S(=O)(C1=CC=IC#C1)c1ccccc1. The molecule has 0 bridgehead atoms. The first-order valence-corrected chi connectivity index (χ1v) is 7.99. The number of allylic oxidation sites excluding steroid dienone is 2. The normalized spacial score (nSPS) is 14.5. The van der Waals surface area contributed by atoms with Gasteiger partial charge < -0.3 is 0 Å². The number of rotatable bonds is 2. The maximum Gasteiger partial charge on any atom is 0.214 e. The summed E-state index contributed by atoms with van der Waals surface area (Å²) in [5.74, 6) is 2.70. The zero-order valence-corrected chi connectivity index (χ0v) is 10.6. The van der Waals surface area contributed by atoms with Crippen molar-refractivity contribution in [3.05, 3.63) is 41.3 Å². The van der Waals surface area contributed by atoms with E-state index >= 15 is 0 Å². The van der Waals surface area contributed by atoms with Crippen LogP contribution in [0.3, 0.4) is 0 Å². The van der Waals surface area contributed by atoms with Gasteiger partial charge in [0.25, 0.3) is 0 Å². The van der Waals surface area contributed by atoms with Gasteiger partial charge >= 0.3 is 0 Å². The molecule has 1 aliphatic heterocycles. The molecule has 0 fully saturated rings. The molecule has 15 heavy (non-hydrogen) atoms. The average Bonchev–Trinajstić information content (AvgIpc) is 2.31. The lowest BCUT2D eigenvalue weighted by Gasteiger charge is -2.03. The summed E-state index contributed by atoms with van der Waals surface area (Å²) >= 11 is -0.258. The van der Waals surface area contributed by atoms with E-state index in [1.807, 2.05) is 4.01 Å². The van der Waals surface area contributed by atoms with Crippen LogP contribution in [0.15, 0.2) is 46.2 Å². The van der Waals surface area contributed by atoms with Crippen molar-refractivity contribution in [3.8, 4) is 9.85 Å². The molecule has 0 atom stereocenters. The molecule has 1 aliphatic rings. The highest BCUT2D eigenvalue weighted by Gasteiger charge is 2.18. The molecule has 0 aromatic heterocycles. The molecule has 0 unspecified atom stereocenters. The van der Waals surface area contributed by atoms with Gasteiger partial charge in [-0.2, -0.15) is 0 Å². The van der Waals surface area contributed by atoms with E-state index in [2.05, 4.69) is 9.85 Å². The van der Waals surface area contributed by atoms with Gasteiger partial charge in [0.2, 0.25) is 9.84 Å². The summed E-state index contributed by atoms with van der Waals surface area (Å²) in [7, 11) is -3.39. The molecule has 0 N–H and O–H groups in total. The first-order chi connectivity index (χ1) is 7.21. The molecule has 1 aromatic carbocycles. The highest BCUT2D eigenvalue weighted by molar-refractivity contribution is 14.2. The van der Waals surface area contributed by atoms with E-state index in [1.165, 1.54) is 0 Å². The Morgan fingerprint density at radius 3 is 2.47 bits per heavy atom. The van der Waals surface area contributed by atoms with Crippen molar-refractivity contribution < 1.29 is 8.42 Å². The van der Waals surface area contributed by atoms with E-state index in [0.29, 0.717) is 4.90 Å². The Morgan fingerprint density at radius 2 is 1.87 bits per heavy atom. The van der Waals surface area contributed by atoms with Crippen molar-refractivity contribution in [2.24, 2.45) is 0 Å². The van der Waals surface area contributed by atoms with Crippen LogP contribution in [0.4, 0.5) is 0 Å². The molecule has 1 aromatic rings. The molecule has 76 valence electrons. The maximum absolute atomic E-state index is 12.0. The summed E-state index contributed by atoms with van der Waals surface area (Å²) in [5, 5.41) is 0. The van der Waals surface area contributed by atoms with Crippen LogP contribution < -0.4 is 0 Å². The second kappa shape index (κ2) is 4.29. The lowest BCUT2D eigenvalue weighted by atomic mass is 10.4. The molecular weight excluding hydrogens is 323 g/mol. The average molecular weight is 330 g/mol. The van der Waals surface area contributed by atoms with Gasteiger partial charge in [0, 0.05) is 0 Å². The monoisotopic (exact) mass is 330 g/mol. The number of benzene rings is 1. The van der Waals surface area contributed by atoms with E-state index in [4.69, 9.17) is 0 Å². The van der Waals surface area contributed by atoms with E-state index in [1.54, 1.807) is 36.4 Å². The Hall–Kier alpha value is -0.930. The summed E-state index contributed by atoms with van der Waals surface area (Å²) in [6.45, 7) is 0. The summed E-state index contributed by atoms with van der Waals surface area (Å²) in [6, 6.07) is 8.38. The third-order valence-corrected chi connectivity index (χ3v) is 4.86. The molecule has 0 saturated carbocycles. The van der Waals surface area contributed by atoms with Crippen LogP contribution >= 0.6 is 20.7 Å². The molecule has 0 saturated heterocycles. The third-order valence-electron chi connectivity index (χ3n) is 1.85. The van der Waals surface area contributed by atoms with Crippen molar-refractivity contribution >= 4 is 34.6 Å². The zero-order valence-electron chi connectivity index (χ0n) is 7.64. The molecule has 2 nitrogen and oxygen atoms in total. The fourth-order valence-electron chi connectivity index (χ4n) is 1.12. The Labute approximate surface area is 98.7 Å². The maximum atomic E-state index is 12.0. The minimum absolute atomic E-state index is 0.208. The van der Waals surface area contributed by atoms with Gasteiger partial charge in [-0.15, -0.1) is 0 Å². The topological polar surface area (TPSA) is 34.1 Å². The van der Waals surface area contributed by atoms with Crippen molar-refractivity contribution in [2.45, 2.75) is 4.90 Å². The first kappa shape index (κ1) is 10.6. The smallest absolute Gasteiger partial charge is 0.214 e. The van der Waals surface area contributed by atoms with Gasteiger partial charge in [0.1, 0.15) is 4.91 Å². The van der Waals surface area contributed by atoms with Crippen LogP contribution in [-0.2, 0) is 9.84 Å². The standard InChI is InChI=1S/C11H7IO2S/c13-15(14,10-4-2-1-3-5-10)11-6-8-12-9-7-11/h1-6,8H. The summed E-state index contributed by atoms with van der Waals surface area (Å²) in [5.41, 5.74) is 0. The largest absolute Gasteiger partial charge is 0.218 e. The second-order valence-electron chi connectivity index (χ2n) is 2.80. The molecule has 0 aliphatic carbocycles. The van der Waals surface area contributed by atoms with Crippen LogP contribution in [0.2, 0.25) is 0 Å². The van der Waals surface area contributed by atoms with Crippen LogP contribution in [-0.4, -0.2) is 12.4 Å². The number of sulfone groups is 1. The fraction of sp³-hybridized carbons (Fsp3) is 0. The van der Waals surface area contributed by atoms with Crippen molar-refractivity contribution in [3.63, 3.8) is 0 Å². The number of hydrogen-bond donors (Lipinski definition) is 0. The predicted octanol–water partition coefficient (Wildman–Crippen LogP) is 2.09. The molecule has 2 rings (SSSR count). The van der Waals surface area contributed by atoms with Crippen molar-refractivity contribution in [1.29, 1.82) is 0 Å². The Balaban J connectivity index is 2.52. The van der Waals surface area contributed by atoms with Gasteiger partial charge in [-0.1, -0.05) is 18.2 Å². The predicted molar refractivity (Wildman–Crippen MR) is 69.6 cm³/mol. The van der Waals surface area contributed by atoms with E-state index in [9.17, 15) is 8.42 Å². The molecule has 0 amide bonds. The van der Waals surface area contributed by atoms with Gasteiger partial charge in [-0.25, -0.2) is 8.42 Å². The van der Waals surface area contributed by atoms with Crippen molar-refractivity contribution in [1.82, 2.24) is 0 Å². The van der Waals surface area contributed by atoms with Crippen LogP contribution in [0.1, 0.15) is 0 Å². The van der Waals surface area contributed by atoms with Crippen molar-refractivity contribution in [2.75, 3.05) is 0 Å². The van der Waals surface area contributed by atoms with Gasteiger partial charge in [0.05, 0.1) is 4.90 Å². The molecule has 0 radical (unpaired) electrons.